The van der Waals surface area contributed by atoms with Crippen LogP contribution in [-0.4, -0.2) is 79.6 Å². The first-order valence-corrected chi connectivity index (χ1v) is 14.2. The maximum atomic E-state index is 13.4. The Balaban J connectivity index is 1.37. The first-order valence-electron chi connectivity index (χ1n) is 13.4. The van der Waals surface area contributed by atoms with Gasteiger partial charge < -0.3 is 24.8 Å². The van der Waals surface area contributed by atoms with Crippen molar-refractivity contribution in [3.05, 3.63) is 63.6 Å². The van der Waals surface area contributed by atoms with Crippen molar-refractivity contribution in [3.8, 4) is 5.75 Å². The van der Waals surface area contributed by atoms with Gasteiger partial charge in [-0.1, -0.05) is 47.5 Å². The van der Waals surface area contributed by atoms with Crippen LogP contribution in [0.5, 0.6) is 5.75 Å². The molecule has 2 fully saturated rings. The lowest BCUT2D eigenvalue weighted by atomic mass is 9.91. The van der Waals surface area contributed by atoms with Crippen LogP contribution in [0.4, 0.5) is 4.79 Å². The van der Waals surface area contributed by atoms with E-state index in [4.69, 9.17) is 27.9 Å². The summed E-state index contributed by atoms with van der Waals surface area (Å²) in [6.45, 7) is 4.88. The minimum absolute atomic E-state index is 0.0166. The van der Waals surface area contributed by atoms with E-state index >= 15 is 0 Å². The number of halogens is 2. The summed E-state index contributed by atoms with van der Waals surface area (Å²) in [7, 11) is 3.48. The SMILES string of the molecule is COc1ccccc1CN(C)C(=O)CC(CCN1CCC(N2CCCNC2=O)CC1)c1ccc(Cl)c(Cl)c1. The number of carbonyl (C=O) groups is 2. The van der Waals surface area contributed by atoms with Gasteiger partial charge in [-0.15, -0.1) is 0 Å². The van der Waals surface area contributed by atoms with Gasteiger partial charge in [0.05, 0.1) is 17.2 Å². The maximum absolute atomic E-state index is 13.4. The third kappa shape index (κ3) is 7.33. The van der Waals surface area contributed by atoms with Crippen LogP contribution in [0.25, 0.3) is 0 Å². The summed E-state index contributed by atoms with van der Waals surface area (Å²) < 4.78 is 5.46. The predicted molar refractivity (Wildman–Crippen MR) is 152 cm³/mol. The van der Waals surface area contributed by atoms with Crippen molar-refractivity contribution in [1.29, 1.82) is 0 Å². The molecular weight excluding hydrogens is 523 g/mol. The second-order valence-electron chi connectivity index (χ2n) is 10.3. The molecule has 206 valence electrons. The molecule has 3 amide bonds. The van der Waals surface area contributed by atoms with Gasteiger partial charge in [0, 0.05) is 57.8 Å². The minimum Gasteiger partial charge on any atom is -0.496 e. The smallest absolute Gasteiger partial charge is 0.317 e. The number of benzene rings is 2. The molecule has 7 nitrogen and oxygen atoms in total. The normalized spacial score (nSPS) is 17.7. The van der Waals surface area contributed by atoms with Crippen LogP contribution in [0, 0.1) is 0 Å². The summed E-state index contributed by atoms with van der Waals surface area (Å²) in [4.78, 5) is 31.8. The summed E-state index contributed by atoms with van der Waals surface area (Å²) in [5.41, 5.74) is 2.00. The molecule has 0 spiro atoms. The van der Waals surface area contributed by atoms with Gasteiger partial charge in [-0.25, -0.2) is 4.79 Å². The van der Waals surface area contributed by atoms with Gasteiger partial charge in [0.1, 0.15) is 5.75 Å². The molecule has 0 aromatic heterocycles. The topological polar surface area (TPSA) is 65.1 Å². The quantitative estimate of drug-likeness (QED) is 0.422. The molecule has 0 aliphatic carbocycles. The van der Waals surface area contributed by atoms with Gasteiger partial charge in [-0.2, -0.15) is 0 Å². The number of piperidine rings is 1. The summed E-state index contributed by atoms with van der Waals surface area (Å²) in [5, 5.41) is 3.98. The van der Waals surface area contributed by atoms with E-state index in [9.17, 15) is 9.59 Å². The zero-order chi connectivity index (χ0) is 27.1. The second-order valence-corrected chi connectivity index (χ2v) is 11.1. The number of urea groups is 1. The first kappa shape index (κ1) is 28.5. The first-order chi connectivity index (χ1) is 18.4. The number of carbonyl (C=O) groups excluding carboxylic acids is 2. The van der Waals surface area contributed by atoms with Crippen LogP contribution < -0.4 is 10.1 Å². The molecule has 0 radical (unpaired) electrons. The van der Waals surface area contributed by atoms with Crippen molar-refractivity contribution in [2.75, 3.05) is 46.9 Å². The fourth-order valence-corrected chi connectivity index (χ4v) is 5.79. The van der Waals surface area contributed by atoms with Crippen molar-refractivity contribution < 1.29 is 14.3 Å². The van der Waals surface area contributed by atoms with Crippen LogP contribution in [0.15, 0.2) is 42.5 Å². The highest BCUT2D eigenvalue weighted by atomic mass is 35.5. The van der Waals surface area contributed by atoms with Gasteiger partial charge >= 0.3 is 6.03 Å². The summed E-state index contributed by atoms with van der Waals surface area (Å²) in [5.74, 6) is 0.864. The molecule has 2 aromatic rings. The maximum Gasteiger partial charge on any atom is 0.317 e. The fourth-order valence-electron chi connectivity index (χ4n) is 5.49. The van der Waals surface area contributed by atoms with E-state index in [0.717, 1.165) is 75.3 Å². The van der Waals surface area contributed by atoms with Crippen LogP contribution in [0.3, 0.4) is 0 Å². The van der Waals surface area contributed by atoms with Gasteiger partial charge in [0.25, 0.3) is 0 Å². The Morgan fingerprint density at radius 2 is 1.89 bits per heavy atom. The minimum atomic E-state index is 0.0166. The zero-order valence-electron chi connectivity index (χ0n) is 22.3. The van der Waals surface area contributed by atoms with E-state index in [1.807, 2.05) is 54.4 Å². The molecule has 2 aromatic carbocycles. The molecule has 1 unspecified atom stereocenters. The summed E-state index contributed by atoms with van der Waals surface area (Å²) >= 11 is 12.5. The Labute approximate surface area is 236 Å². The van der Waals surface area contributed by atoms with Crippen molar-refractivity contribution in [1.82, 2.24) is 20.0 Å². The van der Waals surface area contributed by atoms with Gasteiger partial charge in [-0.05, 0) is 61.9 Å². The molecule has 2 heterocycles. The standard InChI is InChI=1S/C29H38Cl2N4O3/c1-33(20-23-6-3-4-7-27(23)38-2)28(36)19-22(21-8-9-25(30)26(31)18-21)10-15-34-16-11-24(12-17-34)35-14-5-13-32-29(35)37/h3-4,6-9,18,22,24H,5,10-17,19-20H2,1-2H3,(H,32,37). The molecular formula is C29H38Cl2N4O3. The van der Waals surface area contributed by atoms with E-state index < -0.39 is 0 Å². The molecule has 1 atom stereocenters. The average molecular weight is 562 g/mol. The number of nitrogens with zero attached hydrogens (tertiary/aromatic N) is 3. The van der Waals surface area contributed by atoms with E-state index in [1.165, 1.54) is 0 Å². The second kappa shape index (κ2) is 13.5. The van der Waals surface area contributed by atoms with Gasteiger partial charge in [0.15, 0.2) is 0 Å². The number of ether oxygens (including phenoxy) is 1. The van der Waals surface area contributed by atoms with Crippen LogP contribution in [-0.2, 0) is 11.3 Å². The molecule has 0 saturated carbocycles. The van der Waals surface area contributed by atoms with E-state index in [1.54, 1.807) is 12.0 Å². The largest absolute Gasteiger partial charge is 0.496 e. The van der Waals surface area contributed by atoms with Crippen molar-refractivity contribution in [2.45, 2.75) is 50.6 Å². The number of methoxy groups -OCH3 is 1. The Kier molecular flexibility index (Phi) is 10.2. The Morgan fingerprint density at radius 1 is 1.13 bits per heavy atom. The third-order valence-electron chi connectivity index (χ3n) is 7.77. The lowest BCUT2D eigenvalue weighted by Gasteiger charge is -2.40. The van der Waals surface area contributed by atoms with Crippen molar-refractivity contribution in [2.24, 2.45) is 0 Å². The highest BCUT2D eigenvalue weighted by Gasteiger charge is 2.30. The Morgan fingerprint density at radius 3 is 2.61 bits per heavy atom. The number of nitrogens with one attached hydrogen (secondary N) is 1. The lowest BCUT2D eigenvalue weighted by molar-refractivity contribution is -0.130. The molecule has 0 bridgehead atoms. The van der Waals surface area contributed by atoms with E-state index in [0.29, 0.717) is 29.1 Å². The number of amides is 3. The third-order valence-corrected chi connectivity index (χ3v) is 8.51. The zero-order valence-corrected chi connectivity index (χ0v) is 23.8. The number of hydrogen-bond donors (Lipinski definition) is 1. The van der Waals surface area contributed by atoms with E-state index in [-0.39, 0.29) is 17.9 Å². The van der Waals surface area contributed by atoms with Gasteiger partial charge in [-0.3, -0.25) is 4.79 Å². The molecule has 9 heteroatoms. The fraction of sp³-hybridized carbons (Fsp3) is 0.517. The molecule has 4 rings (SSSR count). The van der Waals surface area contributed by atoms with Crippen molar-refractivity contribution >= 4 is 35.1 Å². The number of para-hydroxylation sites is 1. The number of rotatable bonds is 10. The summed E-state index contributed by atoms with van der Waals surface area (Å²) in [6.07, 6.45) is 4.18. The highest BCUT2D eigenvalue weighted by molar-refractivity contribution is 6.42. The lowest BCUT2D eigenvalue weighted by Crippen LogP contribution is -2.54. The average Bonchev–Trinajstić information content (AvgIpc) is 2.93. The van der Waals surface area contributed by atoms with E-state index in [2.05, 4.69) is 10.2 Å². The highest BCUT2D eigenvalue weighted by Crippen LogP contribution is 2.31. The van der Waals surface area contributed by atoms with Crippen LogP contribution in [0.1, 0.15) is 49.1 Å². The molecule has 1 N–H and O–H groups in total. The number of hydrogen-bond acceptors (Lipinski definition) is 4. The summed E-state index contributed by atoms with van der Waals surface area (Å²) in [6, 6.07) is 13.8. The van der Waals surface area contributed by atoms with Crippen molar-refractivity contribution in [3.63, 3.8) is 0 Å². The Bertz CT molecular complexity index is 1110. The van der Waals surface area contributed by atoms with Crippen LogP contribution in [0.2, 0.25) is 10.0 Å². The predicted octanol–water partition coefficient (Wildman–Crippen LogP) is 5.40. The van der Waals surface area contributed by atoms with Crippen LogP contribution >= 0.6 is 23.2 Å². The molecule has 2 aliphatic rings. The number of likely N-dealkylation sites (tertiary alicyclic amines) is 1. The monoisotopic (exact) mass is 560 g/mol. The molecule has 38 heavy (non-hydrogen) atoms. The molecule has 2 saturated heterocycles. The molecule has 2 aliphatic heterocycles. The Hall–Kier alpha value is -2.48. The van der Waals surface area contributed by atoms with Gasteiger partial charge in [0.2, 0.25) is 5.91 Å².